The molecule has 1 aromatic carbocycles. The van der Waals surface area contributed by atoms with Gasteiger partial charge in [-0.15, -0.1) is 0 Å². The summed E-state index contributed by atoms with van der Waals surface area (Å²) in [5, 5.41) is -0.501. The van der Waals surface area contributed by atoms with Crippen LogP contribution in [0.25, 0.3) is 0 Å². The Labute approximate surface area is 189 Å². The van der Waals surface area contributed by atoms with Crippen LogP contribution >= 0.6 is 23.2 Å². The fourth-order valence-corrected chi connectivity index (χ4v) is 6.40. The van der Waals surface area contributed by atoms with Crippen LogP contribution in [0.3, 0.4) is 0 Å². The number of Topliss-reactive ketones (excluding diaryl/α,β-unsaturated/α-hetero) is 2. The van der Waals surface area contributed by atoms with E-state index in [0.29, 0.717) is 5.56 Å². The monoisotopic (exact) mass is 464 g/mol. The summed E-state index contributed by atoms with van der Waals surface area (Å²) in [5.41, 5.74) is -3.55. The van der Waals surface area contributed by atoms with Crippen LogP contribution < -0.4 is 0 Å². The zero-order valence-electron chi connectivity index (χ0n) is 17.2. The minimum atomic E-state index is -2.18. The summed E-state index contributed by atoms with van der Waals surface area (Å²) in [5.74, 6) is -3.40. The number of carbonyl (C=O) groups excluding carboxylic acids is 3. The van der Waals surface area contributed by atoms with Crippen molar-refractivity contribution in [2.75, 3.05) is 6.61 Å². The number of hydrogen-bond donors (Lipinski definition) is 0. The molecule has 2 aliphatic heterocycles. The predicted octanol–water partition coefficient (Wildman–Crippen LogP) is 4.22. The summed E-state index contributed by atoms with van der Waals surface area (Å²) in [6.45, 7) is 3.67. The van der Waals surface area contributed by atoms with Crippen molar-refractivity contribution in [2.45, 2.75) is 56.5 Å². The normalized spacial score (nSPS) is 38.8. The van der Waals surface area contributed by atoms with E-state index >= 15 is 0 Å². The molecule has 4 aliphatic rings. The van der Waals surface area contributed by atoms with Gasteiger partial charge < -0.3 is 14.2 Å². The van der Waals surface area contributed by atoms with Gasteiger partial charge in [0.2, 0.25) is 5.78 Å². The van der Waals surface area contributed by atoms with E-state index < -0.39 is 34.5 Å². The minimum absolute atomic E-state index is 0.0366. The fourth-order valence-electron chi connectivity index (χ4n) is 5.81. The zero-order valence-corrected chi connectivity index (χ0v) is 18.7. The van der Waals surface area contributed by atoms with Crippen LogP contribution in [0.4, 0.5) is 0 Å². The minimum Gasteiger partial charge on any atom is -0.463 e. The molecule has 2 unspecified atom stereocenters. The number of esters is 1. The molecule has 2 aliphatic carbocycles. The first-order valence-corrected chi connectivity index (χ1v) is 11.3. The first-order chi connectivity index (χ1) is 14.8. The molecule has 1 aromatic rings. The van der Waals surface area contributed by atoms with Crippen molar-refractivity contribution in [2.24, 2.45) is 11.8 Å². The number of halogens is 2. The third-order valence-corrected chi connectivity index (χ3v) is 8.12. The number of allylic oxidation sites excluding steroid dienone is 1. The smallest absolute Gasteiger partial charge is 0.350 e. The molecule has 164 valence electrons. The molecular formula is C23H22Cl2O6. The highest BCUT2D eigenvalue weighted by atomic mass is 35.5. The van der Waals surface area contributed by atoms with E-state index in [4.69, 9.17) is 37.4 Å². The molecule has 0 N–H and O–H groups in total. The molecule has 0 aromatic heterocycles. The van der Waals surface area contributed by atoms with Gasteiger partial charge in [0.15, 0.2) is 17.2 Å². The van der Waals surface area contributed by atoms with Crippen LogP contribution in [-0.2, 0) is 29.4 Å². The highest BCUT2D eigenvalue weighted by Gasteiger charge is 2.82. The number of ether oxygens (including phenoxy) is 3. The fraction of sp³-hybridized carbons (Fsp3) is 0.522. The van der Waals surface area contributed by atoms with Gasteiger partial charge in [0.1, 0.15) is 5.03 Å². The topological polar surface area (TPSA) is 78.9 Å². The molecule has 3 fully saturated rings. The summed E-state index contributed by atoms with van der Waals surface area (Å²) in [6.07, 6.45) is 2.55. The first-order valence-electron chi connectivity index (χ1n) is 10.6. The Kier molecular flexibility index (Phi) is 4.69. The van der Waals surface area contributed by atoms with Crippen molar-refractivity contribution in [3.8, 4) is 0 Å². The van der Waals surface area contributed by atoms with Crippen LogP contribution in [0.15, 0.2) is 34.3 Å². The maximum atomic E-state index is 13.8. The lowest BCUT2D eigenvalue weighted by atomic mass is 9.66. The second-order valence-electron chi connectivity index (χ2n) is 8.67. The van der Waals surface area contributed by atoms with Crippen LogP contribution in [0.5, 0.6) is 0 Å². The van der Waals surface area contributed by atoms with E-state index in [9.17, 15) is 14.4 Å². The van der Waals surface area contributed by atoms with Crippen molar-refractivity contribution in [3.63, 3.8) is 0 Å². The van der Waals surface area contributed by atoms with Crippen LogP contribution in [0.1, 0.15) is 55.5 Å². The van der Waals surface area contributed by atoms with Crippen molar-refractivity contribution < 1.29 is 28.6 Å². The van der Waals surface area contributed by atoms with E-state index in [0.717, 1.165) is 19.3 Å². The number of ketones is 2. The molecule has 5 rings (SSSR count). The molecule has 6 nitrogen and oxygen atoms in total. The molecule has 2 heterocycles. The predicted molar refractivity (Wildman–Crippen MR) is 112 cm³/mol. The highest BCUT2D eigenvalue weighted by Crippen LogP contribution is 2.67. The molecule has 8 heteroatoms. The second-order valence-corrected chi connectivity index (χ2v) is 9.42. The Hall–Kier alpha value is -1.73. The summed E-state index contributed by atoms with van der Waals surface area (Å²) >= 11 is 13.2. The molecule has 31 heavy (non-hydrogen) atoms. The Balaban J connectivity index is 1.88. The van der Waals surface area contributed by atoms with Crippen LogP contribution in [0.2, 0.25) is 0 Å². The SMILES string of the molecule is CCOC(=O)[C@@]12O[C@]3(OC14C(Cl)=C(Cl)C(=O)c1ccccc14)C(C)CCC[C@@H]3CC2=O. The largest absolute Gasteiger partial charge is 0.463 e. The van der Waals surface area contributed by atoms with Crippen molar-refractivity contribution >= 4 is 40.7 Å². The average molecular weight is 465 g/mol. The Bertz CT molecular complexity index is 1050. The molecule has 2 spiro atoms. The van der Waals surface area contributed by atoms with E-state index in [1.165, 1.54) is 0 Å². The van der Waals surface area contributed by atoms with E-state index in [-0.39, 0.29) is 40.5 Å². The lowest BCUT2D eigenvalue weighted by Crippen LogP contribution is -2.65. The number of benzene rings is 1. The van der Waals surface area contributed by atoms with E-state index in [1.54, 1.807) is 31.2 Å². The number of rotatable bonds is 2. The number of hydrogen-bond acceptors (Lipinski definition) is 6. The van der Waals surface area contributed by atoms with Crippen LogP contribution in [-0.4, -0.2) is 35.5 Å². The van der Waals surface area contributed by atoms with Crippen LogP contribution in [0, 0.1) is 11.8 Å². The van der Waals surface area contributed by atoms with Gasteiger partial charge in [0, 0.05) is 29.4 Å². The molecule has 0 radical (unpaired) electrons. The summed E-state index contributed by atoms with van der Waals surface area (Å²) < 4.78 is 18.6. The maximum absolute atomic E-state index is 13.8. The molecule has 0 amide bonds. The lowest BCUT2D eigenvalue weighted by molar-refractivity contribution is -0.278. The maximum Gasteiger partial charge on any atom is 0.350 e. The highest BCUT2D eigenvalue weighted by molar-refractivity contribution is 6.52. The van der Waals surface area contributed by atoms with Gasteiger partial charge in [-0.1, -0.05) is 60.8 Å². The van der Waals surface area contributed by atoms with Crippen molar-refractivity contribution in [3.05, 3.63) is 45.5 Å². The molecule has 2 bridgehead atoms. The molecule has 2 saturated heterocycles. The van der Waals surface area contributed by atoms with Gasteiger partial charge in [-0.25, -0.2) is 4.79 Å². The van der Waals surface area contributed by atoms with Crippen molar-refractivity contribution in [1.29, 1.82) is 0 Å². The summed E-state index contributed by atoms with van der Waals surface area (Å²) in [4.78, 5) is 40.2. The lowest BCUT2D eigenvalue weighted by Gasteiger charge is -2.47. The third kappa shape index (κ3) is 2.34. The molecule has 1 saturated carbocycles. The standard InChI is InChI=1S/C23H22Cl2O6/c1-3-29-20(28)22-16(26)11-13-8-6-7-12(2)23(13,31-22)30-21(22)15-10-5-4-9-14(15)18(27)17(24)19(21)25/h4-5,9-10,12-13H,3,6-8,11H2,1-2H3/t12?,13-,21?,22-,23-/m1/s1. The van der Waals surface area contributed by atoms with Gasteiger partial charge >= 0.3 is 5.97 Å². The van der Waals surface area contributed by atoms with Crippen molar-refractivity contribution in [1.82, 2.24) is 0 Å². The molecular weight excluding hydrogens is 443 g/mol. The number of fused-ring (bicyclic) bond motifs is 4. The summed E-state index contributed by atoms with van der Waals surface area (Å²) in [7, 11) is 0. The Morgan fingerprint density at radius 1 is 1.19 bits per heavy atom. The third-order valence-electron chi connectivity index (χ3n) is 7.21. The van der Waals surface area contributed by atoms with Gasteiger partial charge in [-0.3, -0.25) is 9.59 Å². The summed E-state index contributed by atoms with van der Waals surface area (Å²) in [6, 6.07) is 6.60. The Morgan fingerprint density at radius 2 is 1.94 bits per heavy atom. The average Bonchev–Trinajstić information content (AvgIpc) is 3.05. The van der Waals surface area contributed by atoms with Gasteiger partial charge in [0.25, 0.3) is 5.60 Å². The quantitative estimate of drug-likeness (QED) is 0.481. The van der Waals surface area contributed by atoms with Gasteiger partial charge in [-0.05, 0) is 19.8 Å². The van der Waals surface area contributed by atoms with E-state index in [1.807, 2.05) is 6.92 Å². The second kappa shape index (κ2) is 6.88. The van der Waals surface area contributed by atoms with Gasteiger partial charge in [0.05, 0.1) is 11.6 Å². The Morgan fingerprint density at radius 3 is 2.68 bits per heavy atom. The zero-order chi connectivity index (χ0) is 22.2. The first kappa shape index (κ1) is 21.1. The number of carbonyl (C=O) groups is 3. The van der Waals surface area contributed by atoms with Gasteiger partial charge in [-0.2, -0.15) is 0 Å². The van der Waals surface area contributed by atoms with E-state index in [2.05, 4.69) is 0 Å². The molecule has 5 atom stereocenters.